The fourth-order valence-electron chi connectivity index (χ4n) is 1.71. The van der Waals surface area contributed by atoms with Gasteiger partial charge in [0, 0.05) is 12.4 Å². The number of hydrogen-bond donors (Lipinski definition) is 0. The van der Waals surface area contributed by atoms with Gasteiger partial charge in [0.2, 0.25) is 0 Å². The molecule has 0 bridgehead atoms. The summed E-state index contributed by atoms with van der Waals surface area (Å²) in [6, 6.07) is 7.01. The molecule has 1 aromatic carbocycles. The lowest BCUT2D eigenvalue weighted by Crippen LogP contribution is -2.24. The van der Waals surface area contributed by atoms with Crippen molar-refractivity contribution in [1.29, 1.82) is 0 Å². The van der Waals surface area contributed by atoms with Crippen molar-refractivity contribution in [3.63, 3.8) is 0 Å². The van der Waals surface area contributed by atoms with E-state index in [2.05, 4.69) is 0 Å². The predicted molar refractivity (Wildman–Crippen MR) is 53.8 cm³/mol. The van der Waals surface area contributed by atoms with E-state index in [1.54, 1.807) is 30.9 Å². The molecule has 0 aliphatic carbocycles. The van der Waals surface area contributed by atoms with Crippen LogP contribution in [0.2, 0.25) is 0 Å². The number of carboxylic acids is 1. The number of rotatable bonds is 2. The summed E-state index contributed by atoms with van der Waals surface area (Å²) in [5, 5.41) is 11.6. The Bertz CT molecular complexity index is 528. The zero-order valence-corrected chi connectivity index (χ0v) is 8.48. The number of hydrogen-bond acceptors (Lipinski definition) is 3. The topological polar surface area (TPSA) is 54.3 Å². The molecule has 0 saturated heterocycles. The molecule has 2 rings (SSSR count). The summed E-state index contributed by atoms with van der Waals surface area (Å²) in [5.41, 5.74) is 0.961. The summed E-state index contributed by atoms with van der Waals surface area (Å²) in [6.07, 6.45) is 0. The molecule has 0 atom stereocenters. The Labute approximate surface area is 86.7 Å². The Morgan fingerprint density at radius 1 is 1.47 bits per heavy atom. The highest BCUT2D eigenvalue weighted by Gasteiger charge is 2.09. The summed E-state index contributed by atoms with van der Waals surface area (Å²) < 4.78 is 6.73. The van der Waals surface area contributed by atoms with Gasteiger partial charge in [0.05, 0.1) is 24.3 Å². The molecule has 0 spiro atoms. The third-order valence-corrected chi connectivity index (χ3v) is 2.48. The van der Waals surface area contributed by atoms with E-state index in [1.165, 1.54) is 0 Å². The second-order valence-electron chi connectivity index (χ2n) is 3.27. The van der Waals surface area contributed by atoms with Crippen molar-refractivity contribution in [2.24, 2.45) is 7.05 Å². The maximum absolute atomic E-state index is 10.8. The van der Waals surface area contributed by atoms with Crippen LogP contribution in [-0.2, 0) is 7.05 Å². The fourth-order valence-corrected chi connectivity index (χ4v) is 1.71. The maximum atomic E-state index is 10.8. The molecule has 1 heterocycles. The molecule has 0 aliphatic rings. The first-order valence-corrected chi connectivity index (χ1v) is 4.49. The van der Waals surface area contributed by atoms with Crippen LogP contribution < -0.4 is 9.84 Å². The summed E-state index contributed by atoms with van der Waals surface area (Å²) in [6.45, 7) is 0. The number of carboxylic acid groups (broad SMARTS) is 1. The SMILES string of the molecule is COc1cccc2c1cc(C(=O)[O-])n2C. The number of aryl methyl sites for hydroxylation is 1. The highest BCUT2D eigenvalue weighted by molar-refractivity contribution is 5.96. The largest absolute Gasteiger partial charge is 0.543 e. The first-order chi connectivity index (χ1) is 7.15. The van der Waals surface area contributed by atoms with E-state index in [4.69, 9.17) is 4.74 Å². The van der Waals surface area contributed by atoms with Gasteiger partial charge in [-0.1, -0.05) is 6.07 Å². The monoisotopic (exact) mass is 204 g/mol. The Hall–Kier alpha value is -1.97. The van der Waals surface area contributed by atoms with Gasteiger partial charge in [0.1, 0.15) is 5.75 Å². The van der Waals surface area contributed by atoms with Crippen molar-refractivity contribution in [3.8, 4) is 5.75 Å². The quantitative estimate of drug-likeness (QED) is 0.717. The first-order valence-electron chi connectivity index (χ1n) is 4.49. The van der Waals surface area contributed by atoms with Crippen molar-refractivity contribution >= 4 is 16.9 Å². The summed E-state index contributed by atoms with van der Waals surface area (Å²) in [4.78, 5) is 10.8. The lowest BCUT2D eigenvalue weighted by Gasteiger charge is -2.04. The normalized spacial score (nSPS) is 10.5. The molecule has 4 heteroatoms. The molecule has 0 amide bonds. The third kappa shape index (κ3) is 1.34. The van der Waals surface area contributed by atoms with Gasteiger partial charge in [-0.25, -0.2) is 0 Å². The number of nitrogens with zero attached hydrogens (tertiary/aromatic N) is 1. The average molecular weight is 204 g/mol. The number of aromatic carboxylic acids is 1. The molecule has 0 radical (unpaired) electrons. The summed E-state index contributed by atoms with van der Waals surface area (Å²) in [5.74, 6) is -0.522. The van der Waals surface area contributed by atoms with E-state index < -0.39 is 5.97 Å². The third-order valence-electron chi connectivity index (χ3n) is 2.48. The van der Waals surface area contributed by atoms with E-state index >= 15 is 0 Å². The molecule has 78 valence electrons. The van der Waals surface area contributed by atoms with Crippen LogP contribution in [0.5, 0.6) is 5.75 Å². The smallest absolute Gasteiger partial charge is 0.128 e. The number of methoxy groups -OCH3 is 1. The molecule has 4 nitrogen and oxygen atoms in total. The van der Waals surface area contributed by atoms with Gasteiger partial charge in [-0.15, -0.1) is 0 Å². The van der Waals surface area contributed by atoms with Gasteiger partial charge in [0.15, 0.2) is 0 Å². The van der Waals surface area contributed by atoms with Crippen LogP contribution in [0.4, 0.5) is 0 Å². The summed E-state index contributed by atoms with van der Waals surface area (Å²) in [7, 11) is 3.24. The second kappa shape index (κ2) is 3.31. The second-order valence-corrected chi connectivity index (χ2v) is 3.27. The zero-order chi connectivity index (χ0) is 11.0. The van der Waals surface area contributed by atoms with Crippen LogP contribution in [0.1, 0.15) is 10.5 Å². The molecule has 2 aromatic rings. The van der Waals surface area contributed by atoms with Crippen LogP contribution in [0.15, 0.2) is 24.3 Å². The Morgan fingerprint density at radius 3 is 2.80 bits per heavy atom. The molecule has 0 saturated carbocycles. The van der Waals surface area contributed by atoms with E-state index in [0.717, 1.165) is 10.9 Å². The number of ether oxygens (including phenoxy) is 1. The van der Waals surface area contributed by atoms with Gasteiger partial charge >= 0.3 is 0 Å². The molecule has 0 fully saturated rings. The average Bonchev–Trinajstić information content (AvgIpc) is 2.56. The summed E-state index contributed by atoms with van der Waals surface area (Å²) >= 11 is 0. The molecule has 1 aromatic heterocycles. The molecule has 0 unspecified atom stereocenters. The molecular weight excluding hydrogens is 194 g/mol. The van der Waals surface area contributed by atoms with Crippen LogP contribution in [-0.4, -0.2) is 17.6 Å². The zero-order valence-electron chi connectivity index (χ0n) is 8.48. The highest BCUT2D eigenvalue weighted by atomic mass is 16.5. The Balaban J connectivity index is 2.81. The van der Waals surface area contributed by atoms with E-state index in [9.17, 15) is 9.90 Å². The maximum Gasteiger partial charge on any atom is 0.128 e. The number of carbonyl (C=O) groups is 1. The number of benzene rings is 1. The van der Waals surface area contributed by atoms with Crippen molar-refractivity contribution in [2.75, 3.05) is 7.11 Å². The van der Waals surface area contributed by atoms with Gasteiger partial charge < -0.3 is 19.2 Å². The number of fused-ring (bicyclic) bond motifs is 1. The van der Waals surface area contributed by atoms with E-state index in [1.807, 2.05) is 12.1 Å². The fraction of sp³-hybridized carbons (Fsp3) is 0.182. The van der Waals surface area contributed by atoms with Gasteiger partial charge in [-0.3, -0.25) is 0 Å². The minimum atomic E-state index is -1.18. The van der Waals surface area contributed by atoms with Crippen molar-refractivity contribution in [1.82, 2.24) is 4.57 Å². The first kappa shape index (κ1) is 9.58. The van der Waals surface area contributed by atoms with Crippen LogP contribution in [0.3, 0.4) is 0 Å². The molecule has 15 heavy (non-hydrogen) atoms. The van der Waals surface area contributed by atoms with Crippen LogP contribution in [0.25, 0.3) is 10.9 Å². The standard InChI is InChI=1S/C11H11NO3/c1-12-8-4-3-5-10(15-2)7(8)6-9(12)11(13)14/h3-6H,1-2H3,(H,13,14)/p-1. The van der Waals surface area contributed by atoms with E-state index in [-0.39, 0.29) is 5.69 Å². The number of carbonyl (C=O) groups excluding carboxylic acids is 1. The highest BCUT2D eigenvalue weighted by Crippen LogP contribution is 2.27. The Kier molecular flexibility index (Phi) is 2.11. The predicted octanol–water partition coefficient (Wildman–Crippen LogP) is 0.550. The number of aromatic nitrogens is 1. The minimum Gasteiger partial charge on any atom is -0.543 e. The van der Waals surface area contributed by atoms with Crippen molar-refractivity contribution < 1.29 is 14.6 Å². The van der Waals surface area contributed by atoms with E-state index in [0.29, 0.717) is 5.75 Å². The lowest BCUT2D eigenvalue weighted by molar-refractivity contribution is -0.255. The molecule has 0 N–H and O–H groups in total. The van der Waals surface area contributed by atoms with Crippen LogP contribution in [0, 0.1) is 0 Å². The van der Waals surface area contributed by atoms with Crippen molar-refractivity contribution in [2.45, 2.75) is 0 Å². The van der Waals surface area contributed by atoms with Gasteiger partial charge in [0.25, 0.3) is 0 Å². The van der Waals surface area contributed by atoms with Gasteiger partial charge in [-0.2, -0.15) is 0 Å². The van der Waals surface area contributed by atoms with Gasteiger partial charge in [-0.05, 0) is 18.2 Å². The molecule has 0 aliphatic heterocycles. The lowest BCUT2D eigenvalue weighted by atomic mass is 10.2. The van der Waals surface area contributed by atoms with Crippen LogP contribution >= 0.6 is 0 Å². The Morgan fingerprint density at radius 2 is 2.20 bits per heavy atom. The minimum absolute atomic E-state index is 0.148. The van der Waals surface area contributed by atoms with Crippen molar-refractivity contribution in [3.05, 3.63) is 30.0 Å². The molecular formula is C11H10NO3-.